The summed E-state index contributed by atoms with van der Waals surface area (Å²) in [7, 11) is 3.05. The van der Waals surface area contributed by atoms with Gasteiger partial charge in [0.25, 0.3) is 5.79 Å². The van der Waals surface area contributed by atoms with Crippen molar-refractivity contribution in [3.8, 4) is 11.5 Å². The maximum absolute atomic E-state index is 12.4. The normalized spacial score (nSPS) is 16.1. The zero-order valence-electron chi connectivity index (χ0n) is 17.7. The fourth-order valence-electron chi connectivity index (χ4n) is 3.32. The van der Waals surface area contributed by atoms with Crippen LogP contribution in [0.1, 0.15) is 33.3 Å². The number of carbonyl (C=O) groups excluding carboxylic acids is 2. The number of methoxy groups -OCH3 is 2. The predicted octanol–water partition coefficient (Wildman–Crippen LogP) is 4.12. The summed E-state index contributed by atoms with van der Waals surface area (Å²) in [6.07, 6.45) is 0. The molecule has 1 aliphatic rings. The molecule has 0 aromatic heterocycles. The van der Waals surface area contributed by atoms with Gasteiger partial charge in [0.05, 0.1) is 14.2 Å². The average molecular weight is 400 g/mol. The second kappa shape index (κ2) is 8.99. The molecule has 0 bridgehead atoms. The third kappa shape index (κ3) is 5.08. The smallest absolute Gasteiger partial charge is 0.324 e. The molecule has 0 amide bonds. The Balaban J connectivity index is 0.000000426. The van der Waals surface area contributed by atoms with Crippen LogP contribution in [0.2, 0.25) is 0 Å². The van der Waals surface area contributed by atoms with E-state index in [1.807, 2.05) is 36.4 Å². The number of ether oxygens (including phenoxy) is 4. The average Bonchev–Trinajstić information content (AvgIpc) is 2.67. The second-order valence-electron chi connectivity index (χ2n) is 7.59. The minimum absolute atomic E-state index is 0.528. The van der Waals surface area contributed by atoms with Crippen LogP contribution in [-0.4, -0.2) is 31.9 Å². The molecule has 1 aliphatic heterocycles. The van der Waals surface area contributed by atoms with Crippen molar-refractivity contribution < 1.29 is 28.5 Å². The molecule has 0 aliphatic carbocycles. The SMILES string of the molecule is COc1cccc(OC)c1C(C)(C)C1C(=O)OC(C)(C)OC1=O.c1ccccc1. The topological polar surface area (TPSA) is 71.1 Å². The van der Waals surface area contributed by atoms with Crippen LogP contribution in [0.15, 0.2) is 54.6 Å². The monoisotopic (exact) mass is 400 g/mol. The summed E-state index contributed by atoms with van der Waals surface area (Å²) in [6, 6.07) is 17.3. The maximum atomic E-state index is 12.4. The lowest BCUT2D eigenvalue weighted by molar-refractivity contribution is -0.243. The molecular weight excluding hydrogens is 372 g/mol. The molecule has 0 radical (unpaired) electrons. The molecule has 156 valence electrons. The molecule has 0 unspecified atom stereocenters. The highest BCUT2D eigenvalue weighted by Gasteiger charge is 2.53. The second-order valence-corrected chi connectivity index (χ2v) is 7.59. The van der Waals surface area contributed by atoms with Gasteiger partial charge in [-0.1, -0.05) is 56.3 Å². The summed E-state index contributed by atoms with van der Waals surface area (Å²) < 4.78 is 21.3. The molecule has 6 heteroatoms. The zero-order chi connectivity index (χ0) is 21.7. The van der Waals surface area contributed by atoms with Crippen LogP contribution >= 0.6 is 0 Å². The summed E-state index contributed by atoms with van der Waals surface area (Å²) in [4.78, 5) is 24.9. The van der Waals surface area contributed by atoms with Crippen molar-refractivity contribution in [3.05, 3.63) is 60.2 Å². The van der Waals surface area contributed by atoms with Crippen LogP contribution in [-0.2, 0) is 24.5 Å². The number of hydrogen-bond acceptors (Lipinski definition) is 6. The molecule has 6 nitrogen and oxygen atoms in total. The third-order valence-electron chi connectivity index (χ3n) is 4.62. The van der Waals surface area contributed by atoms with E-state index in [1.165, 1.54) is 28.1 Å². The zero-order valence-corrected chi connectivity index (χ0v) is 17.7. The van der Waals surface area contributed by atoms with E-state index in [0.717, 1.165) is 0 Å². The van der Waals surface area contributed by atoms with Crippen LogP contribution in [0.5, 0.6) is 11.5 Å². The predicted molar refractivity (Wildman–Crippen MR) is 109 cm³/mol. The highest BCUT2D eigenvalue weighted by Crippen LogP contribution is 2.45. The van der Waals surface area contributed by atoms with Gasteiger partial charge in [0.1, 0.15) is 11.5 Å². The number of carbonyl (C=O) groups is 2. The standard InChI is InChI=1S/C17H22O6.C6H6/c1-16(2,12-10(20-5)8-7-9-11(12)21-6)13-14(18)22-17(3,4)23-15(13)19;1-2-4-6-5-3-1/h7-9,13H,1-6H3;1-6H. The largest absolute Gasteiger partial charge is 0.496 e. The summed E-state index contributed by atoms with van der Waals surface area (Å²) in [5.41, 5.74) is -0.327. The van der Waals surface area contributed by atoms with Crippen molar-refractivity contribution >= 4 is 11.9 Å². The van der Waals surface area contributed by atoms with Gasteiger partial charge in [-0.05, 0) is 12.1 Å². The van der Waals surface area contributed by atoms with E-state index < -0.39 is 29.1 Å². The molecule has 3 rings (SSSR count). The Labute approximate surface area is 171 Å². The fourth-order valence-corrected chi connectivity index (χ4v) is 3.32. The summed E-state index contributed by atoms with van der Waals surface area (Å²) in [5, 5.41) is 0. The van der Waals surface area contributed by atoms with Crippen molar-refractivity contribution in [1.82, 2.24) is 0 Å². The first-order valence-corrected chi connectivity index (χ1v) is 9.31. The Bertz CT molecular complexity index is 773. The Kier molecular flexibility index (Phi) is 6.90. The minimum Gasteiger partial charge on any atom is -0.496 e. The lowest BCUT2D eigenvalue weighted by Crippen LogP contribution is -2.52. The molecule has 2 aromatic carbocycles. The molecule has 0 spiro atoms. The van der Waals surface area contributed by atoms with Crippen LogP contribution in [0.3, 0.4) is 0 Å². The van der Waals surface area contributed by atoms with Crippen molar-refractivity contribution in [1.29, 1.82) is 0 Å². The van der Waals surface area contributed by atoms with E-state index in [0.29, 0.717) is 17.1 Å². The van der Waals surface area contributed by atoms with Crippen LogP contribution in [0.25, 0.3) is 0 Å². The van der Waals surface area contributed by atoms with Gasteiger partial charge in [0.15, 0.2) is 5.92 Å². The van der Waals surface area contributed by atoms with E-state index in [-0.39, 0.29) is 0 Å². The summed E-state index contributed by atoms with van der Waals surface area (Å²) in [6.45, 7) is 6.57. The lowest BCUT2D eigenvalue weighted by atomic mass is 9.72. The molecule has 0 atom stereocenters. The molecular formula is C23H28O6. The van der Waals surface area contributed by atoms with Gasteiger partial charge in [-0.2, -0.15) is 0 Å². The first kappa shape index (κ1) is 22.3. The maximum Gasteiger partial charge on any atom is 0.324 e. The van der Waals surface area contributed by atoms with Crippen molar-refractivity contribution in [2.75, 3.05) is 14.2 Å². The Morgan fingerprint density at radius 2 is 1.17 bits per heavy atom. The molecule has 2 aromatic rings. The van der Waals surface area contributed by atoms with Crippen molar-refractivity contribution in [3.63, 3.8) is 0 Å². The van der Waals surface area contributed by atoms with Gasteiger partial charge in [-0.3, -0.25) is 9.59 Å². The molecule has 1 heterocycles. The van der Waals surface area contributed by atoms with Crippen LogP contribution in [0.4, 0.5) is 0 Å². The van der Waals surface area contributed by atoms with E-state index >= 15 is 0 Å². The number of cyclic esters (lactones) is 2. The quantitative estimate of drug-likeness (QED) is 0.568. The molecule has 29 heavy (non-hydrogen) atoms. The molecule has 1 saturated heterocycles. The summed E-state index contributed by atoms with van der Waals surface area (Å²) in [5.74, 6) is -2.56. The van der Waals surface area contributed by atoms with Gasteiger partial charge in [0.2, 0.25) is 0 Å². The van der Waals surface area contributed by atoms with Gasteiger partial charge < -0.3 is 18.9 Å². The first-order valence-electron chi connectivity index (χ1n) is 9.31. The van der Waals surface area contributed by atoms with Crippen LogP contribution in [0, 0.1) is 5.92 Å². The fraction of sp³-hybridized carbons (Fsp3) is 0.391. The van der Waals surface area contributed by atoms with Crippen molar-refractivity contribution in [2.24, 2.45) is 5.92 Å². The van der Waals surface area contributed by atoms with E-state index in [1.54, 1.807) is 32.0 Å². The number of benzene rings is 2. The van der Waals surface area contributed by atoms with Gasteiger partial charge >= 0.3 is 11.9 Å². The minimum atomic E-state index is -1.26. The first-order chi connectivity index (χ1) is 13.6. The van der Waals surface area contributed by atoms with Crippen LogP contribution < -0.4 is 9.47 Å². The molecule has 0 saturated carbocycles. The molecule has 0 N–H and O–H groups in total. The number of esters is 2. The van der Waals surface area contributed by atoms with Gasteiger partial charge in [0, 0.05) is 24.8 Å². The van der Waals surface area contributed by atoms with Gasteiger partial charge in [-0.15, -0.1) is 0 Å². The number of hydrogen-bond donors (Lipinski definition) is 0. The Hall–Kier alpha value is -3.02. The number of rotatable bonds is 4. The Morgan fingerprint density at radius 3 is 1.52 bits per heavy atom. The van der Waals surface area contributed by atoms with Crippen molar-refractivity contribution in [2.45, 2.75) is 38.9 Å². The van der Waals surface area contributed by atoms with E-state index in [2.05, 4.69) is 0 Å². The molecule has 1 fully saturated rings. The van der Waals surface area contributed by atoms with Gasteiger partial charge in [-0.25, -0.2) is 0 Å². The summed E-state index contributed by atoms with van der Waals surface area (Å²) >= 11 is 0. The highest BCUT2D eigenvalue weighted by molar-refractivity contribution is 5.98. The lowest BCUT2D eigenvalue weighted by Gasteiger charge is -2.40. The third-order valence-corrected chi connectivity index (χ3v) is 4.62. The van der Waals surface area contributed by atoms with E-state index in [9.17, 15) is 9.59 Å². The highest BCUT2D eigenvalue weighted by atomic mass is 16.7. The Morgan fingerprint density at radius 1 is 0.793 bits per heavy atom. The van der Waals surface area contributed by atoms with E-state index in [4.69, 9.17) is 18.9 Å².